The first-order chi connectivity index (χ1) is 11.9. The number of amides is 1. The van der Waals surface area contributed by atoms with Crippen molar-refractivity contribution in [1.29, 1.82) is 0 Å². The Balaban J connectivity index is 1.72. The number of hydrogen-bond donors (Lipinski definition) is 1. The standard InChI is InChI=1S/C15H14ClN3O5S/c16-5-9-7-25-14-11(17)13(20)18(14)12(9)15(21)24-6-8-1-3-10(4-2-8)19(22)23/h1-4,11,14H,5-7,17H2/t11?,14-/m1/s1. The third-order valence-electron chi connectivity index (χ3n) is 3.96. The van der Waals surface area contributed by atoms with Gasteiger partial charge in [-0.25, -0.2) is 4.79 Å². The van der Waals surface area contributed by atoms with Gasteiger partial charge in [0.05, 0.1) is 4.92 Å². The van der Waals surface area contributed by atoms with Crippen LogP contribution in [0.2, 0.25) is 0 Å². The van der Waals surface area contributed by atoms with Gasteiger partial charge >= 0.3 is 5.97 Å². The molecule has 2 N–H and O–H groups in total. The number of hydrogen-bond acceptors (Lipinski definition) is 7. The highest BCUT2D eigenvalue weighted by Gasteiger charge is 2.51. The first-order valence-corrected chi connectivity index (χ1v) is 8.91. The predicted molar refractivity (Wildman–Crippen MR) is 91.7 cm³/mol. The number of esters is 1. The van der Waals surface area contributed by atoms with Crippen molar-refractivity contribution in [3.05, 3.63) is 51.2 Å². The normalized spacial score (nSPS) is 22.3. The molecule has 0 saturated carbocycles. The van der Waals surface area contributed by atoms with E-state index in [0.717, 1.165) is 0 Å². The van der Waals surface area contributed by atoms with Gasteiger partial charge in [0.1, 0.15) is 23.7 Å². The summed E-state index contributed by atoms with van der Waals surface area (Å²) in [6.45, 7) is -0.0677. The number of thioether (sulfide) groups is 1. The number of nitro benzene ring substituents is 1. The summed E-state index contributed by atoms with van der Waals surface area (Å²) in [7, 11) is 0. The molecule has 2 aliphatic rings. The largest absolute Gasteiger partial charge is 0.456 e. The summed E-state index contributed by atoms with van der Waals surface area (Å²) in [4.78, 5) is 35.9. The fourth-order valence-electron chi connectivity index (χ4n) is 2.60. The summed E-state index contributed by atoms with van der Waals surface area (Å²) in [6, 6.07) is 5.05. The van der Waals surface area contributed by atoms with Gasteiger partial charge in [-0.2, -0.15) is 0 Å². The molecule has 10 heteroatoms. The number of carbonyl (C=O) groups is 2. The Morgan fingerprint density at radius 3 is 2.72 bits per heavy atom. The van der Waals surface area contributed by atoms with Crippen LogP contribution in [0.15, 0.2) is 35.5 Å². The van der Waals surface area contributed by atoms with Crippen LogP contribution in [0.25, 0.3) is 0 Å². The molecule has 1 amide bonds. The van der Waals surface area contributed by atoms with Gasteiger partial charge in [-0.05, 0) is 23.3 Å². The minimum atomic E-state index is -0.653. The molecule has 8 nitrogen and oxygen atoms in total. The highest BCUT2D eigenvalue weighted by Crippen LogP contribution is 2.40. The summed E-state index contributed by atoms with van der Waals surface area (Å²) in [5.41, 5.74) is 7.09. The number of nitro groups is 1. The zero-order chi connectivity index (χ0) is 18.1. The average Bonchev–Trinajstić information content (AvgIpc) is 2.64. The van der Waals surface area contributed by atoms with Crippen LogP contribution in [0.5, 0.6) is 0 Å². The zero-order valence-corrected chi connectivity index (χ0v) is 14.5. The summed E-state index contributed by atoms with van der Waals surface area (Å²) in [5.74, 6) is -0.365. The molecule has 2 atom stereocenters. The van der Waals surface area contributed by atoms with Crippen LogP contribution in [-0.4, -0.2) is 44.7 Å². The number of nitrogens with zero attached hydrogens (tertiary/aromatic N) is 2. The van der Waals surface area contributed by atoms with E-state index in [0.29, 0.717) is 16.9 Å². The zero-order valence-electron chi connectivity index (χ0n) is 12.9. The number of nitrogens with two attached hydrogens (primary N) is 1. The highest BCUT2D eigenvalue weighted by molar-refractivity contribution is 8.00. The number of rotatable bonds is 5. The van der Waals surface area contributed by atoms with Crippen LogP contribution in [0.1, 0.15) is 5.56 Å². The molecule has 1 fully saturated rings. The van der Waals surface area contributed by atoms with Crippen LogP contribution in [-0.2, 0) is 20.9 Å². The minimum absolute atomic E-state index is 0.0467. The second kappa shape index (κ2) is 7.03. The molecule has 0 aromatic heterocycles. The monoisotopic (exact) mass is 383 g/mol. The molecule has 1 aromatic carbocycles. The van der Waals surface area contributed by atoms with Crippen molar-refractivity contribution in [2.75, 3.05) is 11.6 Å². The molecule has 1 aromatic rings. The molecule has 2 aliphatic heterocycles. The maximum atomic E-state index is 12.5. The van der Waals surface area contributed by atoms with E-state index in [1.54, 1.807) is 0 Å². The third kappa shape index (κ3) is 3.22. The van der Waals surface area contributed by atoms with E-state index in [1.807, 2.05) is 0 Å². The maximum Gasteiger partial charge on any atom is 0.355 e. The van der Waals surface area contributed by atoms with Gasteiger partial charge in [-0.3, -0.25) is 19.8 Å². The van der Waals surface area contributed by atoms with E-state index < -0.39 is 16.9 Å². The average molecular weight is 384 g/mol. The van der Waals surface area contributed by atoms with Gasteiger partial charge in [-0.15, -0.1) is 23.4 Å². The first-order valence-electron chi connectivity index (χ1n) is 7.32. The minimum Gasteiger partial charge on any atom is -0.456 e. The summed E-state index contributed by atoms with van der Waals surface area (Å²) >= 11 is 7.36. The Hall–Kier alpha value is -2.10. The fraction of sp³-hybridized carbons (Fsp3) is 0.333. The Kier molecular flexibility index (Phi) is 4.98. The number of fused-ring (bicyclic) bond motifs is 1. The van der Waals surface area contributed by atoms with Crippen molar-refractivity contribution in [3.8, 4) is 0 Å². The van der Waals surface area contributed by atoms with E-state index in [1.165, 1.54) is 40.9 Å². The lowest BCUT2D eigenvalue weighted by Gasteiger charge is -2.48. The smallest absolute Gasteiger partial charge is 0.355 e. The lowest BCUT2D eigenvalue weighted by molar-refractivity contribution is -0.384. The van der Waals surface area contributed by atoms with Crippen molar-refractivity contribution in [1.82, 2.24) is 4.90 Å². The van der Waals surface area contributed by atoms with Crippen LogP contribution in [0.4, 0.5) is 5.69 Å². The van der Waals surface area contributed by atoms with E-state index in [-0.39, 0.29) is 35.2 Å². The fourth-order valence-corrected chi connectivity index (χ4v) is 4.23. The van der Waals surface area contributed by atoms with Gasteiger partial charge in [0, 0.05) is 23.8 Å². The molecular weight excluding hydrogens is 370 g/mol. The van der Waals surface area contributed by atoms with Gasteiger partial charge in [0.2, 0.25) is 5.91 Å². The summed E-state index contributed by atoms with van der Waals surface area (Å²) in [6.07, 6.45) is 0. The van der Waals surface area contributed by atoms with Crippen LogP contribution in [0.3, 0.4) is 0 Å². The highest BCUT2D eigenvalue weighted by atomic mass is 35.5. The van der Waals surface area contributed by atoms with Crippen molar-refractivity contribution >= 4 is 40.9 Å². The van der Waals surface area contributed by atoms with Gasteiger partial charge in [-0.1, -0.05) is 0 Å². The molecule has 1 saturated heterocycles. The summed E-state index contributed by atoms with van der Waals surface area (Å²) < 4.78 is 5.27. The molecule has 25 heavy (non-hydrogen) atoms. The number of carbonyl (C=O) groups excluding carboxylic acids is 2. The molecular formula is C15H14ClN3O5S. The van der Waals surface area contributed by atoms with Crippen molar-refractivity contribution in [2.24, 2.45) is 5.73 Å². The number of β-lactam (4-membered cyclic amide) rings is 1. The van der Waals surface area contributed by atoms with Crippen molar-refractivity contribution in [3.63, 3.8) is 0 Å². The van der Waals surface area contributed by atoms with E-state index in [2.05, 4.69) is 0 Å². The van der Waals surface area contributed by atoms with Crippen LogP contribution >= 0.6 is 23.4 Å². The number of halogens is 1. The molecule has 0 spiro atoms. The van der Waals surface area contributed by atoms with Gasteiger partial charge < -0.3 is 10.5 Å². The lowest BCUT2D eigenvalue weighted by atomic mass is 10.0. The molecule has 1 unspecified atom stereocenters. The second-order valence-corrected chi connectivity index (χ2v) is 6.89. The number of alkyl halides is 1. The Morgan fingerprint density at radius 1 is 1.44 bits per heavy atom. The maximum absolute atomic E-state index is 12.5. The van der Waals surface area contributed by atoms with Crippen molar-refractivity contribution in [2.45, 2.75) is 18.0 Å². The topological polar surface area (TPSA) is 116 Å². The summed E-state index contributed by atoms with van der Waals surface area (Å²) in [5, 5.41) is 10.4. The van der Waals surface area contributed by atoms with Gasteiger partial charge in [0.25, 0.3) is 5.69 Å². The molecule has 3 rings (SSSR count). The molecule has 0 aliphatic carbocycles. The molecule has 0 bridgehead atoms. The quantitative estimate of drug-likeness (QED) is 0.268. The SMILES string of the molecule is NC1C(=O)N2C(C(=O)OCc3ccc([N+](=O)[O-])cc3)=C(CCl)CS[C@H]12. The van der Waals surface area contributed by atoms with Gasteiger partial charge in [0.15, 0.2) is 0 Å². The Morgan fingerprint density at radius 2 is 2.12 bits per heavy atom. The van der Waals surface area contributed by atoms with Crippen LogP contribution < -0.4 is 5.73 Å². The third-order valence-corrected chi connectivity index (χ3v) is 5.64. The number of ether oxygens (including phenoxy) is 1. The second-order valence-electron chi connectivity index (χ2n) is 5.52. The van der Waals surface area contributed by atoms with E-state index >= 15 is 0 Å². The Labute approximate surface area is 152 Å². The Bertz CT molecular complexity index is 767. The molecule has 132 valence electrons. The van der Waals surface area contributed by atoms with E-state index in [4.69, 9.17) is 22.1 Å². The first kappa shape index (κ1) is 17.7. The predicted octanol–water partition coefficient (Wildman–Crippen LogP) is 1.37. The number of non-ortho nitro benzene ring substituents is 1. The van der Waals surface area contributed by atoms with Crippen LogP contribution in [0, 0.1) is 10.1 Å². The lowest BCUT2D eigenvalue weighted by Crippen LogP contribution is -2.68. The van der Waals surface area contributed by atoms with E-state index in [9.17, 15) is 19.7 Å². The number of benzene rings is 1. The molecule has 0 radical (unpaired) electrons. The van der Waals surface area contributed by atoms with Crippen molar-refractivity contribution < 1.29 is 19.2 Å². The molecule has 2 heterocycles.